The lowest BCUT2D eigenvalue weighted by molar-refractivity contribution is 0.314. The molecule has 0 aliphatic rings. The summed E-state index contributed by atoms with van der Waals surface area (Å²) in [5.74, 6) is 0.901. The topological polar surface area (TPSA) is 21.3 Å². The second-order valence-electron chi connectivity index (χ2n) is 5.25. The Kier molecular flexibility index (Phi) is 5.51. The van der Waals surface area contributed by atoms with E-state index in [0.29, 0.717) is 6.54 Å². The van der Waals surface area contributed by atoms with Crippen LogP contribution in [-0.2, 0) is 6.54 Å². The average molecular weight is 304 g/mol. The summed E-state index contributed by atoms with van der Waals surface area (Å²) in [6.45, 7) is 7.76. The number of nitrogens with one attached hydrogen (secondary N) is 1. The van der Waals surface area contributed by atoms with Crippen molar-refractivity contribution in [3.8, 4) is 5.75 Å². The molecular formula is C18H22ClNO. The largest absolute Gasteiger partial charge is 0.493 e. The van der Waals surface area contributed by atoms with Crippen molar-refractivity contribution in [1.29, 1.82) is 0 Å². The van der Waals surface area contributed by atoms with Crippen molar-refractivity contribution >= 4 is 17.3 Å². The minimum absolute atomic E-state index is 0.697. The Morgan fingerprint density at radius 3 is 2.57 bits per heavy atom. The van der Waals surface area contributed by atoms with Gasteiger partial charge in [0.2, 0.25) is 0 Å². The fraction of sp³-hybridized carbons (Fsp3) is 0.333. The molecular weight excluding hydrogens is 282 g/mol. The van der Waals surface area contributed by atoms with Gasteiger partial charge < -0.3 is 10.1 Å². The summed E-state index contributed by atoms with van der Waals surface area (Å²) in [7, 11) is 0. The number of ether oxygens (including phenoxy) is 1. The summed E-state index contributed by atoms with van der Waals surface area (Å²) in [6.07, 6.45) is 0.993. The number of benzene rings is 2. The van der Waals surface area contributed by atoms with Crippen LogP contribution < -0.4 is 10.1 Å². The van der Waals surface area contributed by atoms with Crippen LogP contribution in [0.3, 0.4) is 0 Å². The first-order valence-electron chi connectivity index (χ1n) is 7.32. The molecule has 0 heterocycles. The fourth-order valence-electron chi connectivity index (χ4n) is 2.09. The monoisotopic (exact) mass is 303 g/mol. The van der Waals surface area contributed by atoms with Crippen molar-refractivity contribution in [2.75, 3.05) is 11.9 Å². The maximum atomic E-state index is 6.10. The quantitative estimate of drug-likeness (QED) is 0.776. The first kappa shape index (κ1) is 15.7. The predicted octanol–water partition coefficient (Wildman–Crippen LogP) is 5.36. The molecule has 0 spiro atoms. The molecule has 0 amide bonds. The molecule has 0 saturated heterocycles. The Labute approximate surface area is 132 Å². The minimum atomic E-state index is 0.697. The minimum Gasteiger partial charge on any atom is -0.493 e. The van der Waals surface area contributed by atoms with Crippen molar-refractivity contribution in [3.05, 3.63) is 58.1 Å². The zero-order chi connectivity index (χ0) is 15.2. The van der Waals surface area contributed by atoms with Crippen molar-refractivity contribution in [2.24, 2.45) is 0 Å². The van der Waals surface area contributed by atoms with Gasteiger partial charge in [-0.05, 0) is 61.7 Å². The Bertz CT molecular complexity index is 610. The van der Waals surface area contributed by atoms with E-state index in [9.17, 15) is 0 Å². The van der Waals surface area contributed by atoms with E-state index < -0.39 is 0 Å². The summed E-state index contributed by atoms with van der Waals surface area (Å²) < 4.78 is 5.77. The second-order valence-corrected chi connectivity index (χ2v) is 5.69. The van der Waals surface area contributed by atoms with Gasteiger partial charge in [0.05, 0.1) is 6.61 Å². The molecule has 0 fully saturated rings. The molecule has 0 unspecified atom stereocenters. The smallest absolute Gasteiger partial charge is 0.124 e. The highest BCUT2D eigenvalue weighted by Gasteiger charge is 2.05. The molecule has 3 heteroatoms. The molecule has 0 aromatic heterocycles. The van der Waals surface area contributed by atoms with Gasteiger partial charge in [-0.2, -0.15) is 0 Å². The molecule has 112 valence electrons. The van der Waals surface area contributed by atoms with Crippen molar-refractivity contribution in [2.45, 2.75) is 33.7 Å². The average Bonchev–Trinajstić information content (AvgIpc) is 2.47. The number of hydrogen-bond acceptors (Lipinski definition) is 2. The summed E-state index contributed by atoms with van der Waals surface area (Å²) in [4.78, 5) is 0. The second kappa shape index (κ2) is 7.37. The van der Waals surface area contributed by atoms with Crippen LogP contribution in [0, 0.1) is 13.8 Å². The lowest BCUT2D eigenvalue weighted by Crippen LogP contribution is -2.04. The first-order valence-corrected chi connectivity index (χ1v) is 7.70. The van der Waals surface area contributed by atoms with Gasteiger partial charge in [-0.1, -0.05) is 24.6 Å². The Balaban J connectivity index is 2.10. The SMILES string of the molecule is CCCOc1ccc(Cl)cc1CNc1ccc(C)c(C)c1. The van der Waals surface area contributed by atoms with Gasteiger partial charge in [0, 0.05) is 22.8 Å². The van der Waals surface area contributed by atoms with Gasteiger partial charge in [0.1, 0.15) is 5.75 Å². The van der Waals surface area contributed by atoms with Crippen molar-refractivity contribution in [1.82, 2.24) is 0 Å². The molecule has 0 bridgehead atoms. The highest BCUT2D eigenvalue weighted by atomic mass is 35.5. The number of anilines is 1. The summed E-state index contributed by atoms with van der Waals surface area (Å²) >= 11 is 6.10. The lowest BCUT2D eigenvalue weighted by atomic mass is 10.1. The maximum absolute atomic E-state index is 6.10. The van der Waals surface area contributed by atoms with E-state index in [1.807, 2.05) is 18.2 Å². The highest BCUT2D eigenvalue weighted by molar-refractivity contribution is 6.30. The van der Waals surface area contributed by atoms with Crippen LogP contribution in [0.4, 0.5) is 5.69 Å². The third kappa shape index (κ3) is 4.40. The molecule has 2 aromatic carbocycles. The van der Waals surface area contributed by atoms with Gasteiger partial charge in [-0.25, -0.2) is 0 Å². The highest BCUT2D eigenvalue weighted by Crippen LogP contribution is 2.24. The molecule has 2 nitrogen and oxygen atoms in total. The number of halogens is 1. The van der Waals surface area contributed by atoms with Crippen molar-refractivity contribution in [3.63, 3.8) is 0 Å². The van der Waals surface area contributed by atoms with Crippen LogP contribution in [0.2, 0.25) is 5.02 Å². The van der Waals surface area contributed by atoms with Crippen LogP contribution in [-0.4, -0.2) is 6.61 Å². The van der Waals surface area contributed by atoms with E-state index in [2.05, 4.69) is 44.3 Å². The summed E-state index contributed by atoms with van der Waals surface area (Å²) in [5.41, 5.74) is 4.78. The van der Waals surface area contributed by atoms with E-state index >= 15 is 0 Å². The standard InChI is InChI=1S/C18H22ClNO/c1-4-9-21-18-8-6-16(19)11-15(18)12-20-17-7-5-13(2)14(3)10-17/h5-8,10-11,20H,4,9,12H2,1-3H3. The number of hydrogen-bond donors (Lipinski definition) is 1. The van der Waals surface area contributed by atoms with Gasteiger partial charge in [-0.15, -0.1) is 0 Å². The molecule has 1 N–H and O–H groups in total. The van der Waals surface area contributed by atoms with Gasteiger partial charge in [0.15, 0.2) is 0 Å². The van der Waals surface area contributed by atoms with Crippen molar-refractivity contribution < 1.29 is 4.74 Å². The molecule has 0 aliphatic carbocycles. The number of aryl methyl sites for hydroxylation is 2. The third-order valence-electron chi connectivity index (χ3n) is 3.47. The Morgan fingerprint density at radius 2 is 1.86 bits per heavy atom. The van der Waals surface area contributed by atoms with E-state index in [0.717, 1.165) is 35.1 Å². The summed E-state index contributed by atoms with van der Waals surface area (Å²) in [5, 5.41) is 4.17. The maximum Gasteiger partial charge on any atom is 0.124 e. The molecule has 21 heavy (non-hydrogen) atoms. The fourth-order valence-corrected chi connectivity index (χ4v) is 2.28. The summed E-state index contributed by atoms with van der Waals surface area (Å²) in [6, 6.07) is 12.2. The number of rotatable bonds is 6. The van der Waals surface area contributed by atoms with E-state index in [4.69, 9.17) is 16.3 Å². The lowest BCUT2D eigenvalue weighted by Gasteiger charge is -2.13. The molecule has 0 atom stereocenters. The molecule has 2 aromatic rings. The molecule has 0 saturated carbocycles. The van der Waals surface area contributed by atoms with Crippen LogP contribution in [0.25, 0.3) is 0 Å². The molecule has 0 aliphatic heterocycles. The molecule has 0 radical (unpaired) electrons. The first-order chi connectivity index (χ1) is 10.1. The van der Waals surface area contributed by atoms with Crippen LogP contribution in [0.1, 0.15) is 30.0 Å². The third-order valence-corrected chi connectivity index (χ3v) is 3.71. The predicted molar refractivity (Wildman–Crippen MR) is 90.5 cm³/mol. The van der Waals surface area contributed by atoms with Gasteiger partial charge in [0.25, 0.3) is 0 Å². The van der Waals surface area contributed by atoms with Gasteiger partial charge >= 0.3 is 0 Å². The van der Waals surface area contributed by atoms with Crippen LogP contribution >= 0.6 is 11.6 Å². The zero-order valence-corrected chi connectivity index (χ0v) is 13.6. The van der Waals surface area contributed by atoms with E-state index in [1.54, 1.807) is 0 Å². The zero-order valence-electron chi connectivity index (χ0n) is 12.9. The van der Waals surface area contributed by atoms with Gasteiger partial charge in [-0.3, -0.25) is 0 Å². The van der Waals surface area contributed by atoms with E-state index in [1.165, 1.54) is 11.1 Å². The normalized spacial score (nSPS) is 10.5. The van der Waals surface area contributed by atoms with E-state index in [-0.39, 0.29) is 0 Å². The Morgan fingerprint density at radius 1 is 1.05 bits per heavy atom. The molecule has 2 rings (SSSR count). The Hall–Kier alpha value is -1.67. The van der Waals surface area contributed by atoms with Crippen LogP contribution in [0.15, 0.2) is 36.4 Å². The van der Waals surface area contributed by atoms with Crippen LogP contribution in [0.5, 0.6) is 5.75 Å².